The Balaban J connectivity index is 2.79. The SMILES string of the molecule is CC(C)(C)[Si](C)(C)OC1CN(C(=O)O)N(C(=O)O)C1. The van der Waals surface area contributed by atoms with E-state index in [4.69, 9.17) is 14.6 Å². The highest BCUT2D eigenvalue weighted by Gasteiger charge is 2.44. The van der Waals surface area contributed by atoms with E-state index in [2.05, 4.69) is 33.9 Å². The maximum atomic E-state index is 11.0. The first-order valence-electron chi connectivity index (χ1n) is 6.14. The van der Waals surface area contributed by atoms with Crippen LogP contribution in [0.15, 0.2) is 0 Å². The lowest BCUT2D eigenvalue weighted by Crippen LogP contribution is -2.45. The zero-order valence-corrected chi connectivity index (χ0v) is 13.0. The van der Waals surface area contributed by atoms with E-state index in [0.717, 1.165) is 10.0 Å². The zero-order valence-electron chi connectivity index (χ0n) is 12.0. The first kappa shape index (κ1) is 15.8. The van der Waals surface area contributed by atoms with E-state index in [1.54, 1.807) is 0 Å². The predicted molar refractivity (Wildman–Crippen MR) is 71.5 cm³/mol. The van der Waals surface area contributed by atoms with Crippen molar-refractivity contribution in [2.75, 3.05) is 13.1 Å². The van der Waals surface area contributed by atoms with Gasteiger partial charge < -0.3 is 14.6 Å². The second kappa shape index (κ2) is 5.01. The molecule has 1 aliphatic rings. The van der Waals surface area contributed by atoms with Gasteiger partial charge in [-0.15, -0.1) is 0 Å². The Hall–Kier alpha value is -1.28. The van der Waals surface area contributed by atoms with Gasteiger partial charge in [0.25, 0.3) is 0 Å². The van der Waals surface area contributed by atoms with Gasteiger partial charge in [-0.1, -0.05) is 20.8 Å². The fourth-order valence-electron chi connectivity index (χ4n) is 1.67. The molecule has 2 amide bonds. The van der Waals surface area contributed by atoms with E-state index in [1.165, 1.54) is 0 Å². The molecule has 0 atom stereocenters. The molecular formula is C11H22N2O5Si. The summed E-state index contributed by atoms with van der Waals surface area (Å²) in [5.41, 5.74) is 0. The molecule has 0 saturated carbocycles. The minimum Gasteiger partial charge on any atom is -0.464 e. The topological polar surface area (TPSA) is 90.3 Å². The Morgan fingerprint density at radius 1 is 1.11 bits per heavy atom. The maximum absolute atomic E-state index is 11.0. The molecule has 0 unspecified atom stereocenters. The summed E-state index contributed by atoms with van der Waals surface area (Å²) in [6, 6.07) is 0. The largest absolute Gasteiger partial charge is 0.464 e. The van der Waals surface area contributed by atoms with Crippen LogP contribution in [0.2, 0.25) is 18.1 Å². The van der Waals surface area contributed by atoms with E-state index in [0.29, 0.717) is 0 Å². The molecule has 0 aromatic heterocycles. The molecule has 0 aromatic rings. The Bertz CT molecular complexity index is 358. The Kier molecular flexibility index (Phi) is 4.16. The number of amides is 2. The molecule has 1 fully saturated rings. The van der Waals surface area contributed by atoms with Crippen molar-refractivity contribution in [3.63, 3.8) is 0 Å². The first-order valence-corrected chi connectivity index (χ1v) is 9.05. The summed E-state index contributed by atoms with van der Waals surface area (Å²) in [5, 5.41) is 19.6. The summed E-state index contributed by atoms with van der Waals surface area (Å²) in [7, 11) is -2.04. The van der Waals surface area contributed by atoms with Gasteiger partial charge in [0, 0.05) is 0 Å². The molecule has 2 N–H and O–H groups in total. The third-order valence-corrected chi connectivity index (χ3v) is 8.29. The summed E-state index contributed by atoms with van der Waals surface area (Å²) in [5.74, 6) is 0. The second-order valence-electron chi connectivity index (χ2n) is 6.23. The summed E-state index contributed by atoms with van der Waals surface area (Å²) >= 11 is 0. The van der Waals surface area contributed by atoms with Crippen LogP contribution in [0.25, 0.3) is 0 Å². The third kappa shape index (κ3) is 3.38. The van der Waals surface area contributed by atoms with Crippen molar-refractivity contribution in [3.05, 3.63) is 0 Å². The van der Waals surface area contributed by atoms with Crippen LogP contribution in [0, 0.1) is 0 Å². The van der Waals surface area contributed by atoms with E-state index >= 15 is 0 Å². The van der Waals surface area contributed by atoms with Crippen LogP contribution < -0.4 is 0 Å². The molecule has 8 heteroatoms. The van der Waals surface area contributed by atoms with Crippen LogP contribution in [-0.4, -0.2) is 59.9 Å². The van der Waals surface area contributed by atoms with Crippen molar-refractivity contribution in [2.24, 2.45) is 0 Å². The van der Waals surface area contributed by atoms with Gasteiger partial charge in [0.2, 0.25) is 0 Å². The molecule has 1 heterocycles. The van der Waals surface area contributed by atoms with E-state index in [-0.39, 0.29) is 18.1 Å². The molecule has 0 aromatic carbocycles. The van der Waals surface area contributed by atoms with Gasteiger partial charge in [-0.05, 0) is 18.1 Å². The highest BCUT2D eigenvalue weighted by Crippen LogP contribution is 2.38. The normalized spacial score (nSPS) is 17.9. The Morgan fingerprint density at radius 2 is 1.47 bits per heavy atom. The average molecular weight is 290 g/mol. The number of carboxylic acid groups (broad SMARTS) is 2. The number of hydrogen-bond donors (Lipinski definition) is 2. The molecule has 1 saturated heterocycles. The van der Waals surface area contributed by atoms with Crippen molar-refractivity contribution in [2.45, 2.75) is 45.0 Å². The van der Waals surface area contributed by atoms with E-state index in [9.17, 15) is 9.59 Å². The Labute approximate surface area is 113 Å². The second-order valence-corrected chi connectivity index (χ2v) is 11.0. The molecule has 110 valence electrons. The minimum absolute atomic E-state index is 0.00228. The summed E-state index contributed by atoms with van der Waals surface area (Å²) in [6.07, 6.45) is -2.94. The average Bonchev–Trinajstić information content (AvgIpc) is 2.59. The van der Waals surface area contributed by atoms with Crippen LogP contribution in [0.3, 0.4) is 0 Å². The number of carbonyl (C=O) groups is 2. The van der Waals surface area contributed by atoms with Gasteiger partial charge in [0.15, 0.2) is 8.32 Å². The quantitative estimate of drug-likeness (QED) is 0.761. The van der Waals surface area contributed by atoms with Crippen LogP contribution in [0.1, 0.15) is 20.8 Å². The molecular weight excluding hydrogens is 268 g/mol. The first-order chi connectivity index (χ1) is 8.45. The summed E-state index contributed by atoms with van der Waals surface area (Å²) in [6.45, 7) is 10.5. The van der Waals surface area contributed by atoms with Crippen molar-refractivity contribution in [3.8, 4) is 0 Å². The third-order valence-electron chi connectivity index (χ3n) is 3.75. The zero-order chi connectivity index (χ0) is 15.0. The van der Waals surface area contributed by atoms with Crippen LogP contribution >= 0.6 is 0 Å². The summed E-state index contributed by atoms with van der Waals surface area (Å²) in [4.78, 5) is 22.0. The van der Waals surface area contributed by atoms with Gasteiger partial charge in [0.1, 0.15) is 0 Å². The number of hydrogen-bond acceptors (Lipinski definition) is 3. The van der Waals surface area contributed by atoms with Gasteiger partial charge in [-0.3, -0.25) is 0 Å². The van der Waals surface area contributed by atoms with Crippen molar-refractivity contribution >= 4 is 20.5 Å². The predicted octanol–water partition coefficient (Wildman–Crippen LogP) is 2.27. The van der Waals surface area contributed by atoms with Gasteiger partial charge in [-0.25, -0.2) is 19.6 Å². The maximum Gasteiger partial charge on any atom is 0.426 e. The van der Waals surface area contributed by atoms with E-state index in [1.807, 2.05) is 0 Å². The number of nitrogens with zero attached hydrogens (tertiary/aromatic N) is 2. The van der Waals surface area contributed by atoms with Crippen molar-refractivity contribution in [1.82, 2.24) is 10.0 Å². The van der Waals surface area contributed by atoms with Gasteiger partial charge in [-0.2, -0.15) is 0 Å². The lowest BCUT2D eigenvalue weighted by atomic mass is 10.2. The fraction of sp³-hybridized carbons (Fsp3) is 0.818. The fourth-order valence-corrected chi connectivity index (χ4v) is 3.01. The highest BCUT2D eigenvalue weighted by molar-refractivity contribution is 6.74. The van der Waals surface area contributed by atoms with Gasteiger partial charge >= 0.3 is 12.2 Å². The van der Waals surface area contributed by atoms with Crippen LogP contribution in [0.4, 0.5) is 9.59 Å². The molecule has 19 heavy (non-hydrogen) atoms. The lowest BCUT2D eigenvalue weighted by molar-refractivity contribution is 0.0355. The molecule has 1 rings (SSSR count). The minimum atomic E-state index is -2.04. The molecule has 0 aliphatic carbocycles. The van der Waals surface area contributed by atoms with Crippen LogP contribution in [0.5, 0.6) is 0 Å². The molecule has 7 nitrogen and oxygen atoms in total. The van der Waals surface area contributed by atoms with E-state index < -0.39 is 26.6 Å². The van der Waals surface area contributed by atoms with Crippen molar-refractivity contribution in [1.29, 1.82) is 0 Å². The molecule has 0 radical (unpaired) electrons. The standard InChI is InChI=1S/C11H22N2O5Si/c1-11(2,3)19(4,5)18-8-6-12(9(14)15)13(7-8)10(16)17/h8H,6-7H2,1-5H3,(H,14,15)(H,16,17). The molecule has 0 bridgehead atoms. The van der Waals surface area contributed by atoms with Gasteiger partial charge in [0.05, 0.1) is 19.2 Å². The molecule has 1 aliphatic heterocycles. The number of rotatable bonds is 2. The van der Waals surface area contributed by atoms with Crippen LogP contribution in [-0.2, 0) is 4.43 Å². The monoisotopic (exact) mass is 290 g/mol. The van der Waals surface area contributed by atoms with Crippen molar-refractivity contribution < 1.29 is 24.2 Å². The molecule has 0 spiro atoms. The highest BCUT2D eigenvalue weighted by atomic mass is 28.4. The lowest BCUT2D eigenvalue weighted by Gasteiger charge is -2.38. The Morgan fingerprint density at radius 3 is 1.74 bits per heavy atom. The summed E-state index contributed by atoms with van der Waals surface area (Å²) < 4.78 is 6.05. The number of hydrazine groups is 1. The smallest absolute Gasteiger partial charge is 0.426 e.